The molecule has 7 heteroatoms. The molecule has 34 heavy (non-hydrogen) atoms. The van der Waals surface area contributed by atoms with Crippen molar-refractivity contribution in [3.05, 3.63) is 86.9 Å². The van der Waals surface area contributed by atoms with Gasteiger partial charge in [-0.3, -0.25) is 0 Å². The molecule has 0 saturated heterocycles. The minimum absolute atomic E-state index is 0.130. The van der Waals surface area contributed by atoms with Gasteiger partial charge in [0.1, 0.15) is 5.75 Å². The lowest BCUT2D eigenvalue weighted by Gasteiger charge is -2.22. The highest BCUT2D eigenvalue weighted by Gasteiger charge is 2.29. The van der Waals surface area contributed by atoms with Gasteiger partial charge in [-0.15, -0.1) is 0 Å². The molecular weight excluding hydrogens is 482 g/mol. The third-order valence-corrected chi connectivity index (χ3v) is 6.24. The summed E-state index contributed by atoms with van der Waals surface area (Å²) in [6, 6.07) is 14.4. The van der Waals surface area contributed by atoms with E-state index in [0.717, 1.165) is 40.8 Å². The summed E-state index contributed by atoms with van der Waals surface area (Å²) in [7, 11) is 0. The number of aryl methyl sites for hydroxylation is 2. The van der Waals surface area contributed by atoms with Crippen LogP contribution in [0.5, 0.6) is 5.75 Å². The third kappa shape index (κ3) is 7.14. The molecule has 0 bridgehead atoms. The van der Waals surface area contributed by atoms with Gasteiger partial charge in [-0.05, 0) is 87.1 Å². The number of rotatable bonds is 7. The number of phenols is 1. The molecule has 3 rings (SSSR count). The first-order chi connectivity index (χ1) is 15.8. The molecule has 0 aliphatic heterocycles. The topological polar surface area (TPSA) is 32.3 Å². The summed E-state index contributed by atoms with van der Waals surface area (Å²) < 4.78 is 38.4. The fourth-order valence-corrected chi connectivity index (χ4v) is 3.94. The molecule has 0 aliphatic carbocycles. The standard InChI is InChI=1S/C27H28Cl2F3NO/c1-26(2,3)33-16-20-13-18(6-4-5-17-7-10-21(11-8-17)27(30,31)32)14-22(25(20)34)19-9-12-23(28)24(29)15-19/h7-15,33-34H,4-6,16H2,1-3H3. The summed E-state index contributed by atoms with van der Waals surface area (Å²) >= 11 is 12.3. The second kappa shape index (κ2) is 10.6. The second-order valence-electron chi connectivity index (χ2n) is 9.43. The minimum Gasteiger partial charge on any atom is -0.507 e. The van der Waals surface area contributed by atoms with Crippen molar-refractivity contribution >= 4 is 23.2 Å². The lowest BCUT2D eigenvalue weighted by Crippen LogP contribution is -2.35. The average Bonchev–Trinajstić information content (AvgIpc) is 2.75. The molecule has 0 heterocycles. The lowest BCUT2D eigenvalue weighted by molar-refractivity contribution is -0.137. The summed E-state index contributed by atoms with van der Waals surface area (Å²) in [5.41, 5.74) is 3.29. The van der Waals surface area contributed by atoms with E-state index in [1.54, 1.807) is 12.1 Å². The van der Waals surface area contributed by atoms with E-state index in [9.17, 15) is 18.3 Å². The number of benzene rings is 3. The molecule has 3 aromatic carbocycles. The first kappa shape index (κ1) is 26.4. The van der Waals surface area contributed by atoms with E-state index in [1.807, 2.05) is 18.2 Å². The molecule has 3 aromatic rings. The maximum atomic E-state index is 12.8. The van der Waals surface area contributed by atoms with Gasteiger partial charge in [0.15, 0.2) is 0 Å². The zero-order valence-corrected chi connectivity index (χ0v) is 20.9. The zero-order valence-electron chi connectivity index (χ0n) is 19.4. The highest BCUT2D eigenvalue weighted by atomic mass is 35.5. The molecular formula is C27H28Cl2F3NO. The number of alkyl halides is 3. The SMILES string of the molecule is CC(C)(C)NCc1cc(CCCc2ccc(C(F)(F)F)cc2)cc(-c2ccc(Cl)c(Cl)c2)c1O. The average molecular weight is 510 g/mol. The van der Waals surface area contributed by atoms with Crippen molar-refractivity contribution in [3.8, 4) is 16.9 Å². The summed E-state index contributed by atoms with van der Waals surface area (Å²) in [6.45, 7) is 6.64. The fraction of sp³-hybridized carbons (Fsp3) is 0.333. The Labute approximate surface area is 208 Å². The number of halogens is 5. The monoisotopic (exact) mass is 509 g/mol. The number of hydrogen-bond donors (Lipinski definition) is 2. The fourth-order valence-electron chi connectivity index (χ4n) is 3.64. The van der Waals surface area contributed by atoms with Crippen LogP contribution in [0.1, 0.15) is 49.4 Å². The lowest BCUT2D eigenvalue weighted by atomic mass is 9.94. The molecule has 2 nitrogen and oxygen atoms in total. The van der Waals surface area contributed by atoms with Crippen LogP contribution >= 0.6 is 23.2 Å². The van der Waals surface area contributed by atoms with Gasteiger partial charge in [-0.2, -0.15) is 13.2 Å². The Morgan fingerprint density at radius 1 is 0.824 bits per heavy atom. The first-order valence-electron chi connectivity index (χ1n) is 11.0. The Morgan fingerprint density at radius 2 is 1.47 bits per heavy atom. The van der Waals surface area contributed by atoms with Gasteiger partial charge in [0.25, 0.3) is 0 Å². The quantitative estimate of drug-likeness (QED) is 0.334. The molecule has 0 saturated carbocycles. The van der Waals surface area contributed by atoms with E-state index in [-0.39, 0.29) is 11.3 Å². The second-order valence-corrected chi connectivity index (χ2v) is 10.2. The number of hydrogen-bond acceptors (Lipinski definition) is 2. The smallest absolute Gasteiger partial charge is 0.416 e. The van der Waals surface area contributed by atoms with E-state index in [0.29, 0.717) is 35.0 Å². The Bertz CT molecular complexity index is 1140. The predicted molar refractivity (Wildman–Crippen MR) is 134 cm³/mol. The van der Waals surface area contributed by atoms with E-state index < -0.39 is 11.7 Å². The molecule has 0 unspecified atom stereocenters. The van der Waals surface area contributed by atoms with Gasteiger partial charge in [0, 0.05) is 23.2 Å². The van der Waals surface area contributed by atoms with E-state index in [2.05, 4.69) is 26.1 Å². The molecule has 0 spiro atoms. The van der Waals surface area contributed by atoms with E-state index in [1.165, 1.54) is 12.1 Å². The first-order valence-corrected chi connectivity index (χ1v) is 11.8. The molecule has 0 fully saturated rings. The van der Waals surface area contributed by atoms with Gasteiger partial charge in [-0.25, -0.2) is 0 Å². The molecule has 182 valence electrons. The predicted octanol–water partition coefficient (Wildman–Crippen LogP) is 8.45. The van der Waals surface area contributed by atoms with Gasteiger partial charge >= 0.3 is 6.18 Å². The Morgan fingerprint density at radius 3 is 2.06 bits per heavy atom. The molecule has 0 atom stereocenters. The molecule has 2 N–H and O–H groups in total. The maximum absolute atomic E-state index is 12.8. The van der Waals surface area contributed by atoms with Crippen LogP contribution in [-0.4, -0.2) is 10.6 Å². The van der Waals surface area contributed by atoms with Gasteiger partial charge in [-0.1, -0.05) is 47.5 Å². The van der Waals surface area contributed by atoms with Crippen LogP contribution < -0.4 is 5.32 Å². The zero-order chi connectivity index (χ0) is 25.1. The van der Waals surface area contributed by atoms with Crippen LogP contribution in [0.2, 0.25) is 10.0 Å². The van der Waals surface area contributed by atoms with Gasteiger partial charge in [0.2, 0.25) is 0 Å². The van der Waals surface area contributed by atoms with Gasteiger partial charge in [0.05, 0.1) is 15.6 Å². The highest BCUT2D eigenvalue weighted by Crippen LogP contribution is 2.37. The molecule has 0 amide bonds. The van der Waals surface area contributed by atoms with E-state index >= 15 is 0 Å². The largest absolute Gasteiger partial charge is 0.507 e. The van der Waals surface area contributed by atoms with Crippen LogP contribution in [0.3, 0.4) is 0 Å². The van der Waals surface area contributed by atoms with E-state index in [4.69, 9.17) is 23.2 Å². The number of aromatic hydroxyl groups is 1. The Hall–Kier alpha value is -2.21. The summed E-state index contributed by atoms with van der Waals surface area (Å²) in [5, 5.41) is 15.3. The third-order valence-electron chi connectivity index (χ3n) is 5.50. The van der Waals surface area contributed by atoms with Crippen LogP contribution in [-0.2, 0) is 25.6 Å². The van der Waals surface area contributed by atoms with Crippen molar-refractivity contribution in [1.29, 1.82) is 0 Å². The number of nitrogens with one attached hydrogen (secondary N) is 1. The van der Waals surface area contributed by atoms with Crippen molar-refractivity contribution < 1.29 is 18.3 Å². The maximum Gasteiger partial charge on any atom is 0.416 e. The van der Waals surface area contributed by atoms with Crippen molar-refractivity contribution in [2.75, 3.05) is 0 Å². The van der Waals surface area contributed by atoms with Crippen molar-refractivity contribution in [2.24, 2.45) is 0 Å². The number of phenolic OH excluding ortho intramolecular Hbond substituents is 1. The molecule has 0 aliphatic rings. The molecule has 0 aromatic heterocycles. The van der Waals surface area contributed by atoms with Crippen molar-refractivity contribution in [1.82, 2.24) is 5.32 Å². The summed E-state index contributed by atoms with van der Waals surface area (Å²) in [4.78, 5) is 0. The highest BCUT2D eigenvalue weighted by molar-refractivity contribution is 6.42. The van der Waals surface area contributed by atoms with Crippen LogP contribution in [0.15, 0.2) is 54.6 Å². The molecule has 0 radical (unpaired) electrons. The summed E-state index contributed by atoms with van der Waals surface area (Å²) in [5.74, 6) is 0.182. The van der Waals surface area contributed by atoms with Crippen LogP contribution in [0, 0.1) is 0 Å². The minimum atomic E-state index is -4.33. The van der Waals surface area contributed by atoms with Crippen LogP contribution in [0.4, 0.5) is 13.2 Å². The van der Waals surface area contributed by atoms with Gasteiger partial charge < -0.3 is 10.4 Å². The normalized spacial score (nSPS) is 12.2. The Kier molecular flexibility index (Phi) is 8.22. The van der Waals surface area contributed by atoms with Crippen LogP contribution in [0.25, 0.3) is 11.1 Å². The summed E-state index contributed by atoms with van der Waals surface area (Å²) in [6.07, 6.45) is -2.22. The van der Waals surface area contributed by atoms with Crippen molar-refractivity contribution in [2.45, 2.75) is 58.3 Å². The Balaban J connectivity index is 1.83. The van der Waals surface area contributed by atoms with Crippen molar-refractivity contribution in [3.63, 3.8) is 0 Å².